The third-order valence-corrected chi connectivity index (χ3v) is 5.13. The highest BCUT2D eigenvalue weighted by Gasteiger charge is 2.30. The average Bonchev–Trinajstić information content (AvgIpc) is 3.41. The highest BCUT2D eigenvalue weighted by molar-refractivity contribution is 5.98. The van der Waals surface area contributed by atoms with Crippen LogP contribution in [-0.4, -0.2) is 24.9 Å². The number of nitrogens with zero attached hydrogens (tertiary/aromatic N) is 1. The Balaban J connectivity index is 1.42. The van der Waals surface area contributed by atoms with Crippen LogP contribution in [0.1, 0.15) is 24.0 Å². The van der Waals surface area contributed by atoms with E-state index in [4.69, 9.17) is 0 Å². The standard InChI is InChI=1S/C21H23N3O2/c1-14-17(6-4-7-18(14)23-21(26)16-9-10-16)22-20(25)13-24-12-11-15-5-2-3-8-19(15)24/h2-8,16H,9-13H2,1H3,(H,22,25)(H,23,26). The summed E-state index contributed by atoms with van der Waals surface area (Å²) in [5.41, 5.74) is 4.84. The van der Waals surface area contributed by atoms with E-state index >= 15 is 0 Å². The maximum Gasteiger partial charge on any atom is 0.243 e. The van der Waals surface area contributed by atoms with Crippen LogP contribution in [0.2, 0.25) is 0 Å². The van der Waals surface area contributed by atoms with E-state index in [2.05, 4.69) is 27.7 Å². The fourth-order valence-corrected chi connectivity index (χ4v) is 3.42. The summed E-state index contributed by atoms with van der Waals surface area (Å²) < 4.78 is 0. The van der Waals surface area contributed by atoms with Crippen LogP contribution in [0.5, 0.6) is 0 Å². The van der Waals surface area contributed by atoms with Gasteiger partial charge in [0.05, 0.1) is 6.54 Å². The zero-order chi connectivity index (χ0) is 18.1. The van der Waals surface area contributed by atoms with Crippen LogP contribution in [-0.2, 0) is 16.0 Å². The number of para-hydroxylation sites is 1. The molecule has 1 saturated carbocycles. The van der Waals surface area contributed by atoms with Crippen molar-refractivity contribution in [3.05, 3.63) is 53.6 Å². The maximum atomic E-state index is 12.5. The molecule has 4 rings (SSSR count). The molecule has 0 spiro atoms. The number of carbonyl (C=O) groups is 2. The Hall–Kier alpha value is -2.82. The van der Waals surface area contributed by atoms with Crippen LogP contribution in [0.4, 0.5) is 17.1 Å². The molecule has 2 N–H and O–H groups in total. The number of benzene rings is 2. The van der Waals surface area contributed by atoms with Crippen LogP contribution >= 0.6 is 0 Å². The van der Waals surface area contributed by atoms with Gasteiger partial charge in [-0.1, -0.05) is 24.3 Å². The second-order valence-corrected chi connectivity index (χ2v) is 7.09. The zero-order valence-corrected chi connectivity index (χ0v) is 14.9. The van der Waals surface area contributed by atoms with Crippen molar-refractivity contribution in [2.45, 2.75) is 26.2 Å². The van der Waals surface area contributed by atoms with Crippen molar-refractivity contribution < 1.29 is 9.59 Å². The molecule has 1 aliphatic heterocycles. The van der Waals surface area contributed by atoms with E-state index in [9.17, 15) is 9.59 Å². The molecule has 0 aromatic heterocycles. The molecule has 2 aromatic rings. The number of hydrogen-bond acceptors (Lipinski definition) is 3. The average molecular weight is 349 g/mol. The van der Waals surface area contributed by atoms with Crippen LogP contribution in [0.3, 0.4) is 0 Å². The molecule has 5 nitrogen and oxygen atoms in total. The first-order valence-corrected chi connectivity index (χ1v) is 9.15. The smallest absolute Gasteiger partial charge is 0.243 e. The Morgan fingerprint density at radius 1 is 1.04 bits per heavy atom. The lowest BCUT2D eigenvalue weighted by Gasteiger charge is -2.19. The Morgan fingerprint density at radius 2 is 1.77 bits per heavy atom. The third kappa shape index (κ3) is 3.43. The van der Waals surface area contributed by atoms with Crippen LogP contribution in [0.25, 0.3) is 0 Å². The van der Waals surface area contributed by atoms with E-state index in [0.717, 1.165) is 48.4 Å². The fraction of sp³-hybridized carbons (Fsp3) is 0.333. The minimum atomic E-state index is -0.0459. The Kier molecular flexibility index (Phi) is 4.37. The number of fused-ring (bicyclic) bond motifs is 1. The highest BCUT2D eigenvalue weighted by Crippen LogP contribution is 2.32. The normalized spacial score (nSPS) is 15.5. The number of nitrogens with one attached hydrogen (secondary N) is 2. The predicted molar refractivity (Wildman–Crippen MR) is 104 cm³/mol. The minimum Gasteiger partial charge on any atom is -0.362 e. The molecule has 5 heteroatoms. The number of rotatable bonds is 5. The van der Waals surface area contributed by atoms with E-state index in [-0.39, 0.29) is 17.7 Å². The molecule has 2 aliphatic rings. The van der Waals surface area contributed by atoms with Gasteiger partial charge in [-0.15, -0.1) is 0 Å². The molecule has 1 fully saturated rings. The third-order valence-electron chi connectivity index (χ3n) is 5.13. The van der Waals surface area contributed by atoms with Gasteiger partial charge in [0.25, 0.3) is 0 Å². The van der Waals surface area contributed by atoms with E-state index in [1.54, 1.807) is 0 Å². The van der Waals surface area contributed by atoms with Crippen LogP contribution in [0, 0.1) is 12.8 Å². The second kappa shape index (κ2) is 6.83. The molecular formula is C21H23N3O2. The summed E-state index contributed by atoms with van der Waals surface area (Å²) in [6, 6.07) is 13.8. The van der Waals surface area contributed by atoms with Crippen molar-refractivity contribution in [1.82, 2.24) is 0 Å². The Bertz CT molecular complexity index is 858. The van der Waals surface area contributed by atoms with Gasteiger partial charge < -0.3 is 15.5 Å². The largest absolute Gasteiger partial charge is 0.362 e. The van der Waals surface area contributed by atoms with Crippen LogP contribution < -0.4 is 15.5 Å². The van der Waals surface area contributed by atoms with Crippen molar-refractivity contribution in [3.63, 3.8) is 0 Å². The van der Waals surface area contributed by atoms with Gasteiger partial charge in [-0.05, 0) is 55.5 Å². The lowest BCUT2D eigenvalue weighted by atomic mass is 10.1. The van der Waals surface area contributed by atoms with Gasteiger partial charge in [0.15, 0.2) is 0 Å². The van der Waals surface area contributed by atoms with Gasteiger partial charge in [0.1, 0.15) is 0 Å². The molecule has 1 aliphatic carbocycles. The lowest BCUT2D eigenvalue weighted by molar-refractivity contribution is -0.117. The molecule has 0 saturated heterocycles. The summed E-state index contributed by atoms with van der Waals surface area (Å²) >= 11 is 0. The number of hydrogen-bond donors (Lipinski definition) is 2. The summed E-state index contributed by atoms with van der Waals surface area (Å²) in [5, 5.41) is 5.97. The van der Waals surface area contributed by atoms with E-state index in [1.165, 1.54) is 5.56 Å². The second-order valence-electron chi connectivity index (χ2n) is 7.09. The summed E-state index contributed by atoms with van der Waals surface area (Å²) in [4.78, 5) is 26.7. The first-order chi connectivity index (χ1) is 12.6. The molecule has 0 atom stereocenters. The van der Waals surface area contributed by atoms with Crippen molar-refractivity contribution >= 4 is 28.9 Å². The molecule has 2 aromatic carbocycles. The topological polar surface area (TPSA) is 61.4 Å². The van der Waals surface area contributed by atoms with Crippen LogP contribution in [0.15, 0.2) is 42.5 Å². The quantitative estimate of drug-likeness (QED) is 0.870. The van der Waals surface area contributed by atoms with Crippen molar-refractivity contribution in [3.8, 4) is 0 Å². The summed E-state index contributed by atoms with van der Waals surface area (Å²) in [7, 11) is 0. The number of amides is 2. The van der Waals surface area contributed by atoms with Gasteiger partial charge in [0.2, 0.25) is 11.8 Å². The van der Waals surface area contributed by atoms with Gasteiger partial charge in [0, 0.05) is 29.5 Å². The molecular weight excluding hydrogens is 326 g/mol. The monoisotopic (exact) mass is 349 g/mol. The van der Waals surface area contributed by atoms with E-state index in [1.807, 2.05) is 37.3 Å². The molecule has 0 bridgehead atoms. The first kappa shape index (κ1) is 16.6. The van der Waals surface area contributed by atoms with Gasteiger partial charge in [-0.25, -0.2) is 0 Å². The summed E-state index contributed by atoms with van der Waals surface area (Å²) in [6.07, 6.45) is 2.92. The fourth-order valence-electron chi connectivity index (χ4n) is 3.42. The van der Waals surface area contributed by atoms with Crippen molar-refractivity contribution in [2.75, 3.05) is 28.6 Å². The lowest BCUT2D eigenvalue weighted by Crippen LogP contribution is -2.32. The summed E-state index contributed by atoms with van der Waals surface area (Å²) in [5.74, 6) is 0.184. The zero-order valence-electron chi connectivity index (χ0n) is 14.9. The van der Waals surface area contributed by atoms with Crippen molar-refractivity contribution in [2.24, 2.45) is 5.92 Å². The van der Waals surface area contributed by atoms with Gasteiger partial charge >= 0.3 is 0 Å². The van der Waals surface area contributed by atoms with Gasteiger partial charge in [-0.2, -0.15) is 0 Å². The van der Waals surface area contributed by atoms with E-state index in [0.29, 0.717) is 6.54 Å². The molecule has 1 heterocycles. The summed E-state index contributed by atoms with van der Waals surface area (Å²) in [6.45, 7) is 3.11. The Morgan fingerprint density at radius 3 is 2.54 bits per heavy atom. The molecule has 2 amide bonds. The molecule has 0 radical (unpaired) electrons. The van der Waals surface area contributed by atoms with E-state index < -0.39 is 0 Å². The SMILES string of the molecule is Cc1c(NC(=O)CN2CCc3ccccc32)cccc1NC(=O)C1CC1. The molecule has 0 unspecified atom stereocenters. The minimum absolute atomic E-state index is 0.0459. The number of carbonyl (C=O) groups excluding carboxylic acids is 2. The Labute approximate surface area is 153 Å². The highest BCUT2D eigenvalue weighted by atomic mass is 16.2. The predicted octanol–water partition coefficient (Wildman–Crippen LogP) is 3.34. The number of anilines is 3. The van der Waals surface area contributed by atoms with Crippen molar-refractivity contribution in [1.29, 1.82) is 0 Å². The molecule has 134 valence electrons. The maximum absolute atomic E-state index is 12.5. The first-order valence-electron chi connectivity index (χ1n) is 9.15. The molecule has 26 heavy (non-hydrogen) atoms. The van der Waals surface area contributed by atoms with Gasteiger partial charge in [-0.3, -0.25) is 9.59 Å².